The lowest BCUT2D eigenvalue weighted by atomic mass is 10.6. The van der Waals surface area contributed by atoms with E-state index in [2.05, 4.69) is 10.1 Å². The zero-order valence-corrected chi connectivity index (χ0v) is 6.40. The van der Waals surface area contributed by atoms with Gasteiger partial charge in [-0.3, -0.25) is 4.79 Å². The first-order valence-corrected chi connectivity index (χ1v) is 2.48. The molecular formula is C5H9ClN2O2. The second-order valence-corrected chi connectivity index (χ2v) is 1.35. The van der Waals surface area contributed by atoms with Crippen LogP contribution in [-0.4, -0.2) is 26.2 Å². The summed E-state index contributed by atoms with van der Waals surface area (Å²) in [7, 11) is 1.63. The predicted molar refractivity (Wildman–Crippen MR) is 37.7 cm³/mol. The second-order valence-electron chi connectivity index (χ2n) is 1.35. The SMILES string of the molecule is CNCC(=O)OCC#N.Cl. The van der Waals surface area contributed by atoms with Crippen LogP contribution in [0.1, 0.15) is 0 Å². The number of nitriles is 1. The maximum atomic E-state index is 10.4. The largest absolute Gasteiger partial charge is 0.449 e. The number of carbonyl (C=O) groups is 1. The third kappa shape index (κ3) is 7.21. The number of halogens is 1. The van der Waals surface area contributed by atoms with Gasteiger partial charge in [0, 0.05) is 0 Å². The predicted octanol–water partition coefficient (Wildman–Crippen LogP) is -0.306. The molecule has 0 unspecified atom stereocenters. The van der Waals surface area contributed by atoms with Crippen LogP contribution < -0.4 is 5.32 Å². The molecule has 0 heterocycles. The van der Waals surface area contributed by atoms with Crippen LogP contribution in [0.3, 0.4) is 0 Å². The number of nitrogens with one attached hydrogen (secondary N) is 1. The summed E-state index contributed by atoms with van der Waals surface area (Å²) in [5, 5.41) is 10.5. The fourth-order valence-electron chi connectivity index (χ4n) is 0.308. The van der Waals surface area contributed by atoms with Crippen LogP contribution >= 0.6 is 12.4 Å². The summed E-state index contributed by atoms with van der Waals surface area (Å²) in [5.74, 6) is -0.404. The Hall–Kier alpha value is -0.790. The minimum atomic E-state index is -0.404. The van der Waals surface area contributed by atoms with Gasteiger partial charge in [-0.2, -0.15) is 5.26 Å². The number of likely N-dealkylation sites (N-methyl/N-ethyl adjacent to an activating group) is 1. The summed E-state index contributed by atoms with van der Waals surface area (Å²) >= 11 is 0. The highest BCUT2D eigenvalue weighted by Gasteiger charge is 1.96. The summed E-state index contributed by atoms with van der Waals surface area (Å²) in [6.07, 6.45) is 0. The third-order valence-corrected chi connectivity index (χ3v) is 0.619. The van der Waals surface area contributed by atoms with Crippen molar-refractivity contribution >= 4 is 18.4 Å². The maximum absolute atomic E-state index is 10.4. The van der Waals surface area contributed by atoms with Crippen molar-refractivity contribution in [3.63, 3.8) is 0 Å². The van der Waals surface area contributed by atoms with Gasteiger partial charge >= 0.3 is 5.97 Å². The Labute approximate surface area is 65.6 Å². The first-order valence-electron chi connectivity index (χ1n) is 2.48. The summed E-state index contributed by atoms with van der Waals surface area (Å²) in [5.41, 5.74) is 0. The van der Waals surface area contributed by atoms with Crippen molar-refractivity contribution in [1.82, 2.24) is 5.32 Å². The molecule has 0 amide bonds. The summed E-state index contributed by atoms with van der Waals surface area (Å²) in [6, 6.07) is 1.69. The van der Waals surface area contributed by atoms with E-state index in [9.17, 15) is 4.79 Å². The van der Waals surface area contributed by atoms with Crippen molar-refractivity contribution in [3.05, 3.63) is 0 Å². The maximum Gasteiger partial charge on any atom is 0.320 e. The van der Waals surface area contributed by atoms with E-state index in [0.717, 1.165) is 0 Å². The first kappa shape index (κ1) is 11.9. The van der Waals surface area contributed by atoms with E-state index in [-0.39, 0.29) is 25.6 Å². The van der Waals surface area contributed by atoms with Crippen LogP contribution in [-0.2, 0) is 9.53 Å². The normalized spacial score (nSPS) is 7.20. The molecule has 0 rings (SSSR count). The molecule has 10 heavy (non-hydrogen) atoms. The minimum Gasteiger partial charge on any atom is -0.449 e. The molecule has 0 aliphatic carbocycles. The van der Waals surface area contributed by atoms with E-state index in [0.29, 0.717) is 0 Å². The highest BCUT2D eigenvalue weighted by atomic mass is 35.5. The Morgan fingerprint density at radius 3 is 2.80 bits per heavy atom. The van der Waals surface area contributed by atoms with Crippen LogP contribution in [0.15, 0.2) is 0 Å². The molecule has 0 aromatic heterocycles. The number of hydrogen-bond acceptors (Lipinski definition) is 4. The van der Waals surface area contributed by atoms with Crippen molar-refractivity contribution in [3.8, 4) is 6.07 Å². The number of carbonyl (C=O) groups excluding carboxylic acids is 1. The molecule has 1 N–H and O–H groups in total. The van der Waals surface area contributed by atoms with Gasteiger partial charge in [0.25, 0.3) is 0 Å². The number of rotatable bonds is 3. The molecule has 0 bridgehead atoms. The van der Waals surface area contributed by atoms with Crippen molar-refractivity contribution < 1.29 is 9.53 Å². The lowest BCUT2D eigenvalue weighted by molar-refractivity contribution is -0.141. The van der Waals surface area contributed by atoms with Crippen LogP contribution in [0.2, 0.25) is 0 Å². The summed E-state index contributed by atoms with van der Waals surface area (Å²) in [6.45, 7) is -0.0117. The number of esters is 1. The Morgan fingerprint density at radius 2 is 2.40 bits per heavy atom. The molecule has 0 saturated heterocycles. The summed E-state index contributed by atoms with van der Waals surface area (Å²) < 4.78 is 4.37. The molecule has 0 aliphatic rings. The zero-order valence-electron chi connectivity index (χ0n) is 5.59. The molecule has 0 aromatic carbocycles. The Kier molecular flexibility index (Phi) is 9.80. The standard InChI is InChI=1S/C5H8N2O2.ClH/c1-7-4-5(8)9-3-2-6;/h7H,3-4H2,1H3;1H. The topological polar surface area (TPSA) is 62.1 Å². The van der Waals surface area contributed by atoms with Crippen molar-refractivity contribution in [2.75, 3.05) is 20.2 Å². The molecule has 0 radical (unpaired) electrons. The number of ether oxygens (including phenoxy) is 1. The van der Waals surface area contributed by atoms with Crippen LogP contribution in [0.25, 0.3) is 0 Å². The van der Waals surface area contributed by atoms with Gasteiger partial charge < -0.3 is 10.1 Å². The monoisotopic (exact) mass is 164 g/mol. The van der Waals surface area contributed by atoms with Crippen molar-refractivity contribution in [2.45, 2.75) is 0 Å². The molecule has 0 saturated carbocycles. The van der Waals surface area contributed by atoms with Gasteiger partial charge in [0.15, 0.2) is 6.61 Å². The van der Waals surface area contributed by atoms with Gasteiger partial charge in [-0.25, -0.2) is 0 Å². The Morgan fingerprint density at radius 1 is 1.80 bits per heavy atom. The Balaban J connectivity index is 0. The number of nitrogens with zero attached hydrogens (tertiary/aromatic N) is 1. The van der Waals surface area contributed by atoms with Crippen LogP contribution in [0.5, 0.6) is 0 Å². The Bertz CT molecular complexity index is 132. The lowest BCUT2D eigenvalue weighted by Crippen LogP contribution is -2.20. The van der Waals surface area contributed by atoms with Crippen LogP contribution in [0.4, 0.5) is 0 Å². The molecule has 58 valence electrons. The van der Waals surface area contributed by atoms with Gasteiger partial charge in [0.1, 0.15) is 6.07 Å². The average molecular weight is 165 g/mol. The quantitative estimate of drug-likeness (QED) is 0.582. The third-order valence-electron chi connectivity index (χ3n) is 0.619. The average Bonchev–Trinajstić information content (AvgIpc) is 1.85. The van der Waals surface area contributed by atoms with Crippen LogP contribution in [0, 0.1) is 11.3 Å². The first-order chi connectivity index (χ1) is 4.31. The second kappa shape index (κ2) is 8.21. The molecule has 0 spiro atoms. The fraction of sp³-hybridized carbons (Fsp3) is 0.600. The van der Waals surface area contributed by atoms with Crippen molar-refractivity contribution in [1.29, 1.82) is 5.26 Å². The van der Waals surface area contributed by atoms with Gasteiger partial charge in [0.05, 0.1) is 6.54 Å². The van der Waals surface area contributed by atoms with Gasteiger partial charge in [-0.15, -0.1) is 12.4 Å². The minimum absolute atomic E-state index is 0. The molecule has 0 aliphatic heterocycles. The van der Waals surface area contributed by atoms with E-state index in [1.165, 1.54) is 0 Å². The molecule has 0 atom stereocenters. The van der Waals surface area contributed by atoms with Gasteiger partial charge in [0.2, 0.25) is 0 Å². The molecule has 0 aromatic rings. The number of hydrogen-bond donors (Lipinski definition) is 1. The van der Waals surface area contributed by atoms with E-state index in [1.807, 2.05) is 0 Å². The van der Waals surface area contributed by atoms with Crippen molar-refractivity contribution in [2.24, 2.45) is 0 Å². The van der Waals surface area contributed by atoms with E-state index >= 15 is 0 Å². The highest BCUT2D eigenvalue weighted by molar-refractivity contribution is 5.85. The summed E-state index contributed by atoms with van der Waals surface area (Å²) in [4.78, 5) is 10.4. The molecule has 4 nitrogen and oxygen atoms in total. The van der Waals surface area contributed by atoms with E-state index < -0.39 is 5.97 Å². The molecule has 0 fully saturated rings. The van der Waals surface area contributed by atoms with Gasteiger partial charge in [-0.1, -0.05) is 0 Å². The smallest absolute Gasteiger partial charge is 0.320 e. The van der Waals surface area contributed by atoms with E-state index in [4.69, 9.17) is 5.26 Å². The highest BCUT2D eigenvalue weighted by Crippen LogP contribution is 1.72. The molecule has 5 heteroatoms. The fourth-order valence-corrected chi connectivity index (χ4v) is 0.308. The van der Waals surface area contributed by atoms with E-state index in [1.54, 1.807) is 13.1 Å². The molecular weight excluding hydrogens is 156 g/mol. The zero-order chi connectivity index (χ0) is 7.11. The van der Waals surface area contributed by atoms with Gasteiger partial charge in [-0.05, 0) is 7.05 Å². The lowest BCUT2D eigenvalue weighted by Gasteiger charge is -1.96.